The molecule has 0 amide bonds. The highest BCUT2D eigenvalue weighted by atomic mass is 35.5. The molecule has 5 rings (SSSR count). The summed E-state index contributed by atoms with van der Waals surface area (Å²) in [6, 6.07) is 18.7. The molecular weight excluding hydrogens is 492 g/mol. The lowest BCUT2D eigenvalue weighted by atomic mass is 10.0. The Hall–Kier alpha value is -3.79. The van der Waals surface area contributed by atoms with Crippen molar-refractivity contribution in [2.45, 2.75) is 32.6 Å². The minimum atomic E-state index is -0.582. The minimum Gasteiger partial charge on any atom is -0.468 e. The van der Waals surface area contributed by atoms with Crippen molar-refractivity contribution in [2.24, 2.45) is 0 Å². The molecule has 9 nitrogen and oxygen atoms in total. The average molecular weight is 519 g/mol. The molecular formula is C27H27ClN6O3. The molecule has 0 saturated carbocycles. The SMILES string of the molecule is COCCn1nnnc1C(c1cc2cccc(C)c2[nH]c1=O)N(Cc1ccc(Cl)cc1)Cc1ccco1. The van der Waals surface area contributed by atoms with Gasteiger partial charge >= 0.3 is 0 Å². The number of pyridine rings is 1. The zero-order valence-electron chi connectivity index (χ0n) is 20.6. The van der Waals surface area contributed by atoms with Gasteiger partial charge in [0.2, 0.25) is 0 Å². The second kappa shape index (κ2) is 11.1. The van der Waals surface area contributed by atoms with Crippen LogP contribution in [-0.2, 0) is 24.4 Å². The van der Waals surface area contributed by atoms with E-state index in [1.165, 1.54) is 0 Å². The number of H-pyrrole nitrogens is 1. The Kier molecular flexibility index (Phi) is 7.45. The van der Waals surface area contributed by atoms with Crippen LogP contribution in [-0.4, -0.2) is 43.8 Å². The number of para-hydroxylation sites is 1. The van der Waals surface area contributed by atoms with Crippen LogP contribution in [0.2, 0.25) is 5.02 Å². The van der Waals surface area contributed by atoms with Gasteiger partial charge in [-0.15, -0.1) is 5.10 Å². The third-order valence-corrected chi connectivity index (χ3v) is 6.58. The zero-order chi connectivity index (χ0) is 25.8. The third-order valence-electron chi connectivity index (χ3n) is 6.33. The summed E-state index contributed by atoms with van der Waals surface area (Å²) in [6.45, 7) is 3.75. The molecule has 1 N–H and O–H groups in total. The molecule has 1 atom stereocenters. The molecule has 0 aliphatic rings. The van der Waals surface area contributed by atoms with Gasteiger partial charge < -0.3 is 14.1 Å². The fourth-order valence-electron chi connectivity index (χ4n) is 4.51. The first-order valence-corrected chi connectivity index (χ1v) is 12.3. The van der Waals surface area contributed by atoms with Crippen LogP contribution in [0.5, 0.6) is 0 Å². The fourth-order valence-corrected chi connectivity index (χ4v) is 4.64. The summed E-state index contributed by atoms with van der Waals surface area (Å²) in [5, 5.41) is 14.1. The Morgan fingerprint density at radius 3 is 2.73 bits per heavy atom. The van der Waals surface area contributed by atoms with Crippen LogP contribution in [0.1, 0.15) is 34.3 Å². The van der Waals surface area contributed by atoms with Crippen molar-refractivity contribution in [2.75, 3.05) is 13.7 Å². The zero-order valence-corrected chi connectivity index (χ0v) is 21.4. The summed E-state index contributed by atoms with van der Waals surface area (Å²) in [5.74, 6) is 1.29. The largest absolute Gasteiger partial charge is 0.468 e. The van der Waals surface area contributed by atoms with Gasteiger partial charge in [-0.1, -0.05) is 41.9 Å². The maximum Gasteiger partial charge on any atom is 0.253 e. The number of nitrogens with one attached hydrogen (secondary N) is 1. The smallest absolute Gasteiger partial charge is 0.253 e. The number of methoxy groups -OCH3 is 1. The highest BCUT2D eigenvalue weighted by Crippen LogP contribution is 2.30. The van der Waals surface area contributed by atoms with Gasteiger partial charge in [0.15, 0.2) is 5.82 Å². The second-order valence-electron chi connectivity index (χ2n) is 8.86. The van der Waals surface area contributed by atoms with Crippen molar-refractivity contribution in [3.05, 3.63) is 111 Å². The number of benzene rings is 2. The predicted molar refractivity (Wildman–Crippen MR) is 140 cm³/mol. The Morgan fingerprint density at radius 2 is 1.97 bits per heavy atom. The van der Waals surface area contributed by atoms with E-state index in [-0.39, 0.29) is 5.56 Å². The number of hydrogen-bond donors (Lipinski definition) is 1. The molecule has 3 aromatic heterocycles. The first kappa shape index (κ1) is 24.9. The lowest BCUT2D eigenvalue weighted by Gasteiger charge is -2.30. The standard InChI is InChI=1S/C27H27ClN6O3/c1-18-5-3-6-20-15-23(27(35)29-24(18)20)25(26-30-31-32-34(26)12-14-36-2)33(17-22-7-4-13-37-22)16-19-8-10-21(28)11-9-19/h3-11,13,15,25H,12,14,16-17H2,1-2H3,(H,29,35). The molecule has 0 saturated heterocycles. The van der Waals surface area contributed by atoms with Gasteiger partial charge in [-0.3, -0.25) is 9.69 Å². The number of fused-ring (bicyclic) bond motifs is 1. The van der Waals surface area contributed by atoms with Crippen LogP contribution in [0, 0.1) is 6.92 Å². The van der Waals surface area contributed by atoms with Crippen molar-refractivity contribution >= 4 is 22.5 Å². The lowest BCUT2D eigenvalue weighted by molar-refractivity contribution is 0.163. The number of tetrazole rings is 1. The molecule has 10 heteroatoms. The van der Waals surface area contributed by atoms with Crippen molar-refractivity contribution < 1.29 is 9.15 Å². The Morgan fingerprint density at radius 1 is 1.14 bits per heavy atom. The van der Waals surface area contributed by atoms with E-state index in [2.05, 4.69) is 25.4 Å². The maximum atomic E-state index is 13.6. The number of halogens is 1. The van der Waals surface area contributed by atoms with Crippen molar-refractivity contribution in [1.82, 2.24) is 30.1 Å². The number of aromatic nitrogens is 5. The van der Waals surface area contributed by atoms with Crippen LogP contribution >= 0.6 is 11.6 Å². The van der Waals surface area contributed by atoms with E-state index in [0.29, 0.717) is 42.7 Å². The summed E-state index contributed by atoms with van der Waals surface area (Å²) in [7, 11) is 1.63. The molecule has 0 bridgehead atoms. The molecule has 1 unspecified atom stereocenters. The summed E-state index contributed by atoms with van der Waals surface area (Å²) in [6.07, 6.45) is 1.64. The van der Waals surface area contributed by atoms with Crippen LogP contribution in [0.25, 0.3) is 10.9 Å². The molecule has 0 radical (unpaired) electrons. The minimum absolute atomic E-state index is 0.200. The van der Waals surface area contributed by atoms with Gasteiger partial charge in [-0.25, -0.2) is 4.68 Å². The van der Waals surface area contributed by atoms with E-state index in [1.807, 2.05) is 67.6 Å². The Balaban J connectivity index is 1.68. The molecule has 5 aromatic rings. The quantitative estimate of drug-likeness (QED) is 0.290. The van der Waals surface area contributed by atoms with Crippen LogP contribution in [0.15, 0.2) is 76.1 Å². The van der Waals surface area contributed by atoms with Crippen molar-refractivity contribution in [3.8, 4) is 0 Å². The van der Waals surface area contributed by atoms with Crippen LogP contribution in [0.4, 0.5) is 0 Å². The van der Waals surface area contributed by atoms with Gasteiger partial charge in [-0.2, -0.15) is 0 Å². The normalized spacial score (nSPS) is 12.4. The van der Waals surface area contributed by atoms with E-state index in [0.717, 1.165) is 27.8 Å². The molecule has 3 heterocycles. The van der Waals surface area contributed by atoms with Gasteiger partial charge in [0.05, 0.1) is 31.5 Å². The van der Waals surface area contributed by atoms with Crippen molar-refractivity contribution in [3.63, 3.8) is 0 Å². The molecule has 0 spiro atoms. The third kappa shape index (κ3) is 5.48. The lowest BCUT2D eigenvalue weighted by Crippen LogP contribution is -2.35. The number of aryl methyl sites for hydroxylation is 1. The molecule has 0 aliphatic heterocycles. The molecule has 190 valence electrons. The summed E-state index contributed by atoms with van der Waals surface area (Å²) < 4.78 is 12.7. The van der Waals surface area contributed by atoms with E-state index in [9.17, 15) is 4.79 Å². The number of nitrogens with zero attached hydrogens (tertiary/aromatic N) is 5. The highest BCUT2D eigenvalue weighted by molar-refractivity contribution is 6.30. The Bertz CT molecular complexity index is 1530. The van der Waals surface area contributed by atoms with Gasteiger partial charge in [0.25, 0.3) is 5.56 Å². The fraction of sp³-hybridized carbons (Fsp3) is 0.259. The molecule has 37 heavy (non-hydrogen) atoms. The summed E-state index contributed by atoms with van der Waals surface area (Å²) >= 11 is 6.15. The van der Waals surface area contributed by atoms with Crippen LogP contribution < -0.4 is 5.56 Å². The van der Waals surface area contributed by atoms with Gasteiger partial charge in [0, 0.05) is 24.2 Å². The van der Waals surface area contributed by atoms with E-state index < -0.39 is 6.04 Å². The van der Waals surface area contributed by atoms with E-state index >= 15 is 0 Å². The van der Waals surface area contributed by atoms with Crippen LogP contribution in [0.3, 0.4) is 0 Å². The van der Waals surface area contributed by atoms with E-state index in [1.54, 1.807) is 18.1 Å². The second-order valence-corrected chi connectivity index (χ2v) is 9.30. The number of furan rings is 1. The predicted octanol–water partition coefficient (Wildman–Crippen LogP) is 4.51. The molecule has 0 aliphatic carbocycles. The highest BCUT2D eigenvalue weighted by Gasteiger charge is 2.31. The monoisotopic (exact) mass is 518 g/mol. The number of ether oxygens (including phenoxy) is 1. The first-order valence-electron chi connectivity index (χ1n) is 11.9. The molecule has 2 aromatic carbocycles. The summed E-state index contributed by atoms with van der Waals surface area (Å²) in [4.78, 5) is 18.8. The Labute approximate surface area is 218 Å². The number of hydrogen-bond acceptors (Lipinski definition) is 7. The number of rotatable bonds is 10. The van der Waals surface area contributed by atoms with Crippen molar-refractivity contribution in [1.29, 1.82) is 0 Å². The maximum absolute atomic E-state index is 13.6. The van der Waals surface area contributed by atoms with E-state index in [4.69, 9.17) is 20.8 Å². The average Bonchev–Trinajstić information content (AvgIpc) is 3.58. The van der Waals surface area contributed by atoms with Gasteiger partial charge in [-0.05, 0) is 64.2 Å². The number of aromatic amines is 1. The summed E-state index contributed by atoms with van der Waals surface area (Å²) in [5.41, 5.74) is 3.16. The first-order chi connectivity index (χ1) is 18.0. The van der Waals surface area contributed by atoms with Gasteiger partial charge in [0.1, 0.15) is 11.8 Å². The topological polar surface area (TPSA) is 102 Å². The molecule has 0 fully saturated rings.